The molecule has 1 aromatic rings. The quantitative estimate of drug-likeness (QED) is 0.861. The van der Waals surface area contributed by atoms with Crippen LogP contribution in [0, 0.1) is 17.2 Å². The first kappa shape index (κ1) is 14.9. The fourth-order valence-electron chi connectivity index (χ4n) is 1.97. The Morgan fingerprint density at radius 2 is 2.24 bits per heavy atom. The van der Waals surface area contributed by atoms with Crippen molar-refractivity contribution in [1.82, 2.24) is 0 Å². The molecule has 1 aliphatic heterocycles. The van der Waals surface area contributed by atoms with Crippen LogP contribution >= 0.6 is 0 Å². The van der Waals surface area contributed by atoms with Crippen LogP contribution in [-0.4, -0.2) is 25.2 Å². The molecule has 0 fully saturated rings. The van der Waals surface area contributed by atoms with Crippen LogP contribution in [0.3, 0.4) is 0 Å². The molecule has 1 aliphatic rings. The maximum Gasteiger partial charge on any atom is 0.351 e. The van der Waals surface area contributed by atoms with Crippen LogP contribution in [-0.2, 0) is 9.53 Å². The van der Waals surface area contributed by atoms with E-state index < -0.39 is 11.5 Å². The lowest BCUT2D eigenvalue weighted by Gasteiger charge is -2.28. The second-order valence-corrected chi connectivity index (χ2v) is 5.32. The minimum Gasteiger partial charge on any atom is -0.497 e. The summed E-state index contributed by atoms with van der Waals surface area (Å²) in [6.45, 7) is 4.17. The van der Waals surface area contributed by atoms with Gasteiger partial charge >= 0.3 is 5.97 Å². The molecule has 0 amide bonds. The van der Waals surface area contributed by atoms with Crippen molar-refractivity contribution in [2.75, 3.05) is 19.0 Å². The fraction of sp³-hybridized carbons (Fsp3) is 0.375. The molecular weight excluding hydrogens is 268 g/mol. The van der Waals surface area contributed by atoms with Crippen molar-refractivity contribution in [2.45, 2.75) is 19.4 Å². The molecule has 0 saturated carbocycles. The molecule has 1 aromatic carbocycles. The third-order valence-electron chi connectivity index (χ3n) is 3.15. The SMILES string of the molecule is COc1ccc2c(c1)C=CC(C#N)(C(=O)OCC(C)C)N2. The molecule has 2 rings (SSSR count). The monoisotopic (exact) mass is 286 g/mol. The average Bonchev–Trinajstić information content (AvgIpc) is 2.51. The molecule has 1 unspecified atom stereocenters. The van der Waals surface area contributed by atoms with Gasteiger partial charge in [0.25, 0.3) is 0 Å². The number of methoxy groups -OCH3 is 1. The third-order valence-corrected chi connectivity index (χ3v) is 3.15. The minimum atomic E-state index is -1.48. The summed E-state index contributed by atoms with van der Waals surface area (Å²) in [5.74, 6) is 0.345. The summed E-state index contributed by atoms with van der Waals surface area (Å²) in [6.07, 6.45) is 3.26. The van der Waals surface area contributed by atoms with E-state index in [0.29, 0.717) is 11.4 Å². The van der Waals surface area contributed by atoms with Gasteiger partial charge in [0.05, 0.1) is 13.7 Å². The van der Waals surface area contributed by atoms with Gasteiger partial charge in [-0.3, -0.25) is 0 Å². The number of esters is 1. The Labute approximate surface area is 124 Å². The lowest BCUT2D eigenvalue weighted by Crippen LogP contribution is -2.46. The maximum atomic E-state index is 12.2. The van der Waals surface area contributed by atoms with E-state index in [1.165, 1.54) is 6.08 Å². The largest absolute Gasteiger partial charge is 0.497 e. The number of carbonyl (C=O) groups is 1. The van der Waals surface area contributed by atoms with Crippen LogP contribution in [0.25, 0.3) is 6.08 Å². The summed E-state index contributed by atoms with van der Waals surface area (Å²) >= 11 is 0. The number of nitrogens with zero attached hydrogens (tertiary/aromatic N) is 1. The molecule has 1 heterocycles. The smallest absolute Gasteiger partial charge is 0.351 e. The third kappa shape index (κ3) is 3.00. The van der Waals surface area contributed by atoms with E-state index in [1.807, 2.05) is 26.0 Å². The molecule has 5 heteroatoms. The van der Waals surface area contributed by atoms with Gasteiger partial charge in [0, 0.05) is 11.3 Å². The van der Waals surface area contributed by atoms with Crippen LogP contribution in [0.4, 0.5) is 5.69 Å². The molecule has 5 nitrogen and oxygen atoms in total. The highest BCUT2D eigenvalue weighted by molar-refractivity contribution is 5.95. The molecule has 0 saturated heterocycles. The average molecular weight is 286 g/mol. The van der Waals surface area contributed by atoms with Crippen molar-refractivity contribution in [3.05, 3.63) is 29.8 Å². The Morgan fingerprint density at radius 1 is 1.48 bits per heavy atom. The number of anilines is 1. The van der Waals surface area contributed by atoms with Crippen molar-refractivity contribution in [2.24, 2.45) is 5.92 Å². The molecule has 0 aromatic heterocycles. The predicted molar refractivity (Wildman–Crippen MR) is 79.8 cm³/mol. The number of rotatable bonds is 4. The summed E-state index contributed by atoms with van der Waals surface area (Å²) in [6, 6.07) is 7.39. The van der Waals surface area contributed by atoms with Gasteiger partial charge in [-0.2, -0.15) is 5.26 Å². The first-order chi connectivity index (χ1) is 10.0. The number of hydrogen-bond donors (Lipinski definition) is 1. The van der Waals surface area contributed by atoms with Gasteiger partial charge in [-0.15, -0.1) is 0 Å². The molecule has 1 N–H and O–H groups in total. The van der Waals surface area contributed by atoms with Gasteiger partial charge in [-0.1, -0.05) is 19.9 Å². The lowest BCUT2D eigenvalue weighted by atomic mass is 9.94. The van der Waals surface area contributed by atoms with Gasteiger partial charge < -0.3 is 14.8 Å². The summed E-state index contributed by atoms with van der Waals surface area (Å²) in [5.41, 5.74) is 0.0782. The minimum absolute atomic E-state index is 0.216. The number of nitrogens with one attached hydrogen (secondary N) is 1. The highest BCUT2D eigenvalue weighted by atomic mass is 16.5. The van der Waals surface area contributed by atoms with Crippen LogP contribution < -0.4 is 10.1 Å². The van der Waals surface area contributed by atoms with Crippen LogP contribution in [0.15, 0.2) is 24.3 Å². The number of fused-ring (bicyclic) bond motifs is 1. The van der Waals surface area contributed by atoms with Gasteiger partial charge in [0.15, 0.2) is 0 Å². The molecule has 0 bridgehead atoms. The fourth-order valence-corrected chi connectivity index (χ4v) is 1.97. The summed E-state index contributed by atoms with van der Waals surface area (Å²) in [4.78, 5) is 12.2. The van der Waals surface area contributed by atoms with Crippen molar-refractivity contribution in [1.29, 1.82) is 5.26 Å². The van der Waals surface area contributed by atoms with Crippen molar-refractivity contribution >= 4 is 17.7 Å². The predicted octanol–water partition coefficient (Wildman–Crippen LogP) is 2.60. The zero-order valence-electron chi connectivity index (χ0n) is 12.3. The Bertz CT molecular complexity index is 616. The molecular formula is C16H18N2O3. The van der Waals surface area contributed by atoms with Crippen molar-refractivity contribution in [3.63, 3.8) is 0 Å². The zero-order chi connectivity index (χ0) is 15.5. The van der Waals surface area contributed by atoms with E-state index in [9.17, 15) is 10.1 Å². The van der Waals surface area contributed by atoms with E-state index in [1.54, 1.807) is 25.3 Å². The summed E-state index contributed by atoms with van der Waals surface area (Å²) < 4.78 is 10.3. The maximum absolute atomic E-state index is 12.2. The van der Waals surface area contributed by atoms with E-state index in [4.69, 9.17) is 9.47 Å². The number of carbonyl (C=O) groups excluding carboxylic acids is 1. The number of ether oxygens (including phenoxy) is 2. The molecule has 0 radical (unpaired) electrons. The van der Waals surface area contributed by atoms with Gasteiger partial charge in [-0.25, -0.2) is 4.79 Å². The highest BCUT2D eigenvalue weighted by Crippen LogP contribution is 2.31. The van der Waals surface area contributed by atoms with Crippen molar-refractivity contribution < 1.29 is 14.3 Å². The van der Waals surface area contributed by atoms with Crippen LogP contribution in [0.5, 0.6) is 5.75 Å². The van der Waals surface area contributed by atoms with Crippen LogP contribution in [0.1, 0.15) is 19.4 Å². The highest BCUT2D eigenvalue weighted by Gasteiger charge is 2.40. The van der Waals surface area contributed by atoms with Gasteiger partial charge in [0.2, 0.25) is 5.54 Å². The molecule has 1 atom stereocenters. The Morgan fingerprint density at radius 3 is 2.86 bits per heavy atom. The topological polar surface area (TPSA) is 71.3 Å². The van der Waals surface area contributed by atoms with Crippen molar-refractivity contribution in [3.8, 4) is 11.8 Å². The number of benzene rings is 1. The van der Waals surface area contributed by atoms with E-state index in [0.717, 1.165) is 5.56 Å². The molecule has 110 valence electrons. The standard InChI is InChI=1S/C16H18N2O3/c1-11(2)9-21-15(19)16(10-17)7-6-12-8-13(20-3)4-5-14(12)18-16/h4-8,11,18H,9H2,1-3H3. The second kappa shape index (κ2) is 5.88. The molecule has 0 aliphatic carbocycles. The Balaban J connectivity index is 2.25. The van der Waals surface area contributed by atoms with E-state index >= 15 is 0 Å². The first-order valence-electron chi connectivity index (χ1n) is 6.74. The van der Waals surface area contributed by atoms with Gasteiger partial charge in [-0.05, 0) is 30.2 Å². The molecule has 21 heavy (non-hydrogen) atoms. The normalized spacial score (nSPS) is 19.4. The van der Waals surface area contributed by atoms with E-state index in [-0.39, 0.29) is 12.5 Å². The summed E-state index contributed by atoms with van der Waals surface area (Å²) in [5, 5.41) is 12.4. The van der Waals surface area contributed by atoms with Crippen LogP contribution in [0.2, 0.25) is 0 Å². The second-order valence-electron chi connectivity index (χ2n) is 5.32. The zero-order valence-corrected chi connectivity index (χ0v) is 12.3. The molecule has 0 spiro atoms. The first-order valence-corrected chi connectivity index (χ1v) is 6.74. The summed E-state index contributed by atoms with van der Waals surface area (Å²) in [7, 11) is 1.59. The Hall–Kier alpha value is -2.48. The Kier molecular flexibility index (Phi) is 4.18. The number of hydrogen-bond acceptors (Lipinski definition) is 5. The lowest BCUT2D eigenvalue weighted by molar-refractivity contribution is -0.146. The van der Waals surface area contributed by atoms with E-state index in [2.05, 4.69) is 5.32 Å². The van der Waals surface area contributed by atoms with Gasteiger partial charge in [0.1, 0.15) is 11.8 Å². The number of nitriles is 1.